The fraction of sp³-hybridized carbons (Fsp3) is 0.800. The molecule has 0 aromatic carbocycles. The molecule has 0 amide bonds. The lowest BCUT2D eigenvalue weighted by Crippen LogP contribution is -2.39. The van der Waals surface area contributed by atoms with E-state index in [4.69, 9.17) is 9.84 Å². The van der Waals surface area contributed by atoms with E-state index < -0.39 is 0 Å². The first-order chi connectivity index (χ1) is 4.30. The van der Waals surface area contributed by atoms with Crippen LogP contribution in [0.2, 0.25) is 0 Å². The highest BCUT2D eigenvalue weighted by atomic mass is 35.5. The van der Waals surface area contributed by atoms with Gasteiger partial charge in [0, 0.05) is 13.1 Å². The lowest BCUT2D eigenvalue weighted by atomic mass is 10.5. The van der Waals surface area contributed by atoms with Gasteiger partial charge in [-0.15, -0.1) is 12.4 Å². The minimum Gasteiger partial charge on any atom is -0.486 e. The first-order valence-corrected chi connectivity index (χ1v) is 3.27. The summed E-state index contributed by atoms with van der Waals surface area (Å²) < 4.78 is 5.04. The zero-order chi connectivity index (χ0) is 6.69. The number of thiocarbonyl (C=S) groups is 1. The Bertz CT molecular complexity index is 116. The number of halogens is 1. The maximum atomic E-state index is 8.78. The molecule has 10 heavy (non-hydrogen) atoms. The smallest absolute Gasteiger partial charge is 0.256 e. The van der Waals surface area contributed by atoms with Crippen molar-refractivity contribution in [3.63, 3.8) is 0 Å². The minimum absolute atomic E-state index is 0. The molecule has 0 spiro atoms. The molecule has 0 aromatic heterocycles. The summed E-state index contributed by atoms with van der Waals surface area (Å²) in [4.78, 5) is 1.72. The molecule has 5 heteroatoms. The zero-order valence-electron chi connectivity index (χ0n) is 5.45. The summed E-state index contributed by atoms with van der Waals surface area (Å²) in [6, 6.07) is 0. The Morgan fingerprint density at radius 2 is 1.90 bits per heavy atom. The number of hydrogen-bond donors (Lipinski definition) is 1. The van der Waals surface area contributed by atoms with E-state index in [2.05, 4.69) is 12.2 Å². The molecule has 1 heterocycles. The van der Waals surface area contributed by atoms with E-state index >= 15 is 0 Å². The monoisotopic (exact) mass is 183 g/mol. The van der Waals surface area contributed by atoms with Crippen molar-refractivity contribution in [1.82, 2.24) is 4.90 Å². The molecular formula is C5H10ClNO2S. The van der Waals surface area contributed by atoms with Crippen molar-refractivity contribution in [3.05, 3.63) is 0 Å². The highest BCUT2D eigenvalue weighted by Crippen LogP contribution is 1.95. The predicted molar refractivity (Wildman–Crippen MR) is 44.9 cm³/mol. The molecule has 0 bridgehead atoms. The van der Waals surface area contributed by atoms with Crippen LogP contribution in [-0.4, -0.2) is 41.5 Å². The van der Waals surface area contributed by atoms with Crippen LogP contribution in [0.15, 0.2) is 0 Å². The Balaban J connectivity index is 0.000000810. The van der Waals surface area contributed by atoms with Crippen LogP contribution in [-0.2, 0) is 4.74 Å². The van der Waals surface area contributed by atoms with Gasteiger partial charge in [-0.1, -0.05) is 0 Å². The van der Waals surface area contributed by atoms with Crippen LogP contribution < -0.4 is 0 Å². The van der Waals surface area contributed by atoms with E-state index in [9.17, 15) is 0 Å². The van der Waals surface area contributed by atoms with Gasteiger partial charge in [0.05, 0.1) is 13.2 Å². The Labute approximate surface area is 71.4 Å². The topological polar surface area (TPSA) is 32.7 Å². The van der Waals surface area contributed by atoms with Gasteiger partial charge in [-0.3, -0.25) is 0 Å². The standard InChI is InChI=1S/C5H9NO2S.ClH/c7-5(9)6-1-3-8-4-2-6;/h1-4H2,(H,7,9);1H. The van der Waals surface area contributed by atoms with E-state index in [0.29, 0.717) is 13.2 Å². The quantitative estimate of drug-likeness (QED) is 0.557. The van der Waals surface area contributed by atoms with Gasteiger partial charge >= 0.3 is 0 Å². The summed E-state index contributed by atoms with van der Waals surface area (Å²) in [6.07, 6.45) is 0. The first-order valence-electron chi connectivity index (χ1n) is 2.86. The van der Waals surface area contributed by atoms with Crippen molar-refractivity contribution < 1.29 is 9.84 Å². The van der Waals surface area contributed by atoms with Gasteiger partial charge in [0.15, 0.2) is 0 Å². The van der Waals surface area contributed by atoms with Crippen molar-refractivity contribution in [3.8, 4) is 0 Å². The van der Waals surface area contributed by atoms with Crippen LogP contribution in [0.4, 0.5) is 0 Å². The lowest BCUT2D eigenvalue weighted by Gasteiger charge is -2.25. The van der Waals surface area contributed by atoms with Crippen LogP contribution in [0.1, 0.15) is 0 Å². The van der Waals surface area contributed by atoms with E-state index in [1.54, 1.807) is 4.90 Å². The number of aliphatic hydroxyl groups excluding tert-OH is 1. The molecule has 1 aliphatic heterocycles. The van der Waals surface area contributed by atoms with Crippen molar-refractivity contribution in [2.45, 2.75) is 0 Å². The van der Waals surface area contributed by atoms with Crippen molar-refractivity contribution in [2.75, 3.05) is 26.3 Å². The number of aliphatic hydroxyl groups is 1. The second-order valence-electron chi connectivity index (χ2n) is 1.88. The number of rotatable bonds is 0. The molecule has 1 saturated heterocycles. The third-order valence-electron chi connectivity index (χ3n) is 1.28. The third kappa shape index (κ3) is 2.68. The van der Waals surface area contributed by atoms with Crippen molar-refractivity contribution in [1.29, 1.82) is 0 Å². The van der Waals surface area contributed by atoms with Gasteiger partial charge in [-0.2, -0.15) is 0 Å². The van der Waals surface area contributed by atoms with Gasteiger partial charge in [0.25, 0.3) is 5.17 Å². The van der Waals surface area contributed by atoms with Crippen LogP contribution in [0.3, 0.4) is 0 Å². The number of hydrogen-bond acceptors (Lipinski definition) is 2. The Hall–Kier alpha value is -0.0600. The van der Waals surface area contributed by atoms with Gasteiger partial charge in [-0.05, 0) is 12.2 Å². The molecule has 0 aliphatic carbocycles. The molecule has 0 unspecified atom stereocenters. The second-order valence-corrected chi connectivity index (χ2v) is 2.25. The van der Waals surface area contributed by atoms with Gasteiger partial charge < -0.3 is 14.7 Å². The molecular weight excluding hydrogens is 174 g/mol. The summed E-state index contributed by atoms with van der Waals surface area (Å²) in [6.45, 7) is 2.77. The first kappa shape index (κ1) is 9.94. The lowest BCUT2D eigenvalue weighted by molar-refractivity contribution is 0.0622. The Morgan fingerprint density at radius 3 is 2.20 bits per heavy atom. The molecule has 0 saturated carbocycles. The molecule has 0 radical (unpaired) electrons. The summed E-state index contributed by atoms with van der Waals surface area (Å²) in [5.74, 6) is 0. The molecule has 1 aliphatic rings. The summed E-state index contributed by atoms with van der Waals surface area (Å²) in [5.41, 5.74) is 0. The number of morpholine rings is 1. The predicted octanol–water partition coefficient (Wildman–Crippen LogP) is 0.583. The van der Waals surface area contributed by atoms with E-state index in [0.717, 1.165) is 13.1 Å². The third-order valence-corrected chi connectivity index (χ3v) is 1.54. The molecule has 1 N–H and O–H groups in total. The van der Waals surface area contributed by atoms with E-state index in [-0.39, 0.29) is 17.6 Å². The normalized spacial score (nSPS) is 17.8. The number of nitrogens with zero attached hydrogens (tertiary/aromatic N) is 1. The average Bonchev–Trinajstić information content (AvgIpc) is 1.90. The fourth-order valence-electron chi connectivity index (χ4n) is 0.755. The van der Waals surface area contributed by atoms with Crippen LogP contribution in [0, 0.1) is 0 Å². The van der Waals surface area contributed by atoms with Crippen LogP contribution >= 0.6 is 24.6 Å². The van der Waals surface area contributed by atoms with Crippen LogP contribution in [0.25, 0.3) is 0 Å². The van der Waals surface area contributed by atoms with Gasteiger partial charge in [0.1, 0.15) is 0 Å². The molecule has 0 aromatic rings. The number of ether oxygens (including phenoxy) is 1. The van der Waals surface area contributed by atoms with E-state index in [1.165, 1.54) is 0 Å². The summed E-state index contributed by atoms with van der Waals surface area (Å²) in [7, 11) is 0. The minimum atomic E-state index is -0.0155. The highest BCUT2D eigenvalue weighted by Gasteiger charge is 2.11. The maximum Gasteiger partial charge on any atom is 0.256 e. The second kappa shape index (κ2) is 4.71. The summed E-state index contributed by atoms with van der Waals surface area (Å²) >= 11 is 4.54. The van der Waals surface area contributed by atoms with Crippen molar-refractivity contribution >= 4 is 29.8 Å². The molecule has 3 nitrogen and oxygen atoms in total. The maximum absolute atomic E-state index is 8.78. The zero-order valence-corrected chi connectivity index (χ0v) is 7.08. The largest absolute Gasteiger partial charge is 0.486 e. The molecule has 60 valence electrons. The van der Waals surface area contributed by atoms with Gasteiger partial charge in [0.2, 0.25) is 0 Å². The van der Waals surface area contributed by atoms with E-state index in [1.807, 2.05) is 0 Å². The summed E-state index contributed by atoms with van der Waals surface area (Å²) in [5, 5.41) is 8.76. The van der Waals surface area contributed by atoms with Gasteiger partial charge in [-0.25, -0.2) is 0 Å². The van der Waals surface area contributed by atoms with Crippen LogP contribution in [0.5, 0.6) is 0 Å². The fourth-order valence-corrected chi connectivity index (χ4v) is 0.937. The Morgan fingerprint density at radius 1 is 1.40 bits per heavy atom. The SMILES string of the molecule is Cl.OC(=S)N1CCOCC1. The molecule has 1 fully saturated rings. The van der Waals surface area contributed by atoms with Crippen molar-refractivity contribution in [2.24, 2.45) is 0 Å². The Kier molecular flexibility index (Phi) is 4.68. The molecule has 0 atom stereocenters. The average molecular weight is 184 g/mol. The molecule has 1 rings (SSSR count). The highest BCUT2D eigenvalue weighted by molar-refractivity contribution is 7.79.